The molecule has 150 valence electrons. The maximum Gasteiger partial charge on any atom is 0.194 e. The van der Waals surface area contributed by atoms with Crippen LogP contribution in [0.2, 0.25) is 0 Å². The van der Waals surface area contributed by atoms with E-state index in [1.54, 1.807) is 19.2 Å². The lowest BCUT2D eigenvalue weighted by atomic mass is 10.1. The molecule has 1 aromatic rings. The summed E-state index contributed by atoms with van der Waals surface area (Å²) in [4.78, 5) is 9.66. The van der Waals surface area contributed by atoms with Gasteiger partial charge in [0.05, 0.1) is 6.54 Å². The Morgan fingerprint density at radius 1 is 1.30 bits per heavy atom. The summed E-state index contributed by atoms with van der Waals surface area (Å²) in [5, 5.41) is 3.40. The Kier molecular flexibility index (Phi) is 8.98. The largest absolute Gasteiger partial charge is 0.375 e. The fourth-order valence-electron chi connectivity index (χ4n) is 3.61. The Balaban J connectivity index is 0.00000261. The number of halogens is 2. The summed E-state index contributed by atoms with van der Waals surface area (Å²) in [6.45, 7) is 7.56. The molecule has 1 N–H and O–H groups in total. The second-order valence-corrected chi connectivity index (χ2v) is 6.78. The number of guanidine groups is 1. The highest BCUT2D eigenvalue weighted by Crippen LogP contribution is 2.20. The zero-order chi connectivity index (χ0) is 18.4. The van der Waals surface area contributed by atoms with E-state index in [0.717, 1.165) is 50.7 Å². The van der Waals surface area contributed by atoms with Crippen LogP contribution in [0.15, 0.2) is 41.4 Å². The zero-order valence-corrected chi connectivity index (χ0v) is 18.4. The Morgan fingerprint density at radius 3 is 2.63 bits per heavy atom. The van der Waals surface area contributed by atoms with Gasteiger partial charge in [0.1, 0.15) is 11.9 Å². The molecule has 1 saturated heterocycles. The van der Waals surface area contributed by atoms with E-state index in [-0.39, 0.29) is 35.9 Å². The van der Waals surface area contributed by atoms with E-state index in [9.17, 15) is 4.39 Å². The van der Waals surface area contributed by atoms with Crippen LogP contribution >= 0.6 is 24.0 Å². The van der Waals surface area contributed by atoms with Crippen molar-refractivity contribution in [3.63, 3.8) is 0 Å². The van der Waals surface area contributed by atoms with E-state index in [1.807, 2.05) is 0 Å². The molecule has 0 amide bonds. The van der Waals surface area contributed by atoms with Gasteiger partial charge in [-0.2, -0.15) is 0 Å². The number of benzene rings is 1. The first-order valence-corrected chi connectivity index (χ1v) is 9.41. The molecule has 0 spiro atoms. The van der Waals surface area contributed by atoms with Crippen molar-refractivity contribution in [1.29, 1.82) is 0 Å². The third-order valence-corrected chi connectivity index (χ3v) is 5.09. The lowest BCUT2D eigenvalue weighted by Gasteiger charge is -2.26. The minimum atomic E-state index is -0.236. The highest BCUT2D eigenvalue weighted by molar-refractivity contribution is 14.0. The lowest BCUT2D eigenvalue weighted by molar-refractivity contribution is 0.110. The third kappa shape index (κ3) is 5.89. The van der Waals surface area contributed by atoms with Gasteiger partial charge in [-0.05, 0) is 31.0 Å². The predicted molar refractivity (Wildman–Crippen MR) is 118 cm³/mol. The van der Waals surface area contributed by atoms with Gasteiger partial charge in [0.2, 0.25) is 0 Å². The van der Waals surface area contributed by atoms with Gasteiger partial charge in [0.25, 0.3) is 0 Å². The molecule has 2 aliphatic heterocycles. The van der Waals surface area contributed by atoms with Crippen molar-refractivity contribution in [1.82, 2.24) is 15.1 Å². The molecular formula is C20H30FIN4O. The van der Waals surface area contributed by atoms with Gasteiger partial charge in [0, 0.05) is 45.9 Å². The molecule has 7 heteroatoms. The number of nitrogens with one attached hydrogen (secondary N) is 1. The number of aliphatic imine (C=N–C) groups is 1. The van der Waals surface area contributed by atoms with Gasteiger partial charge in [-0.3, -0.25) is 9.89 Å². The van der Waals surface area contributed by atoms with Gasteiger partial charge in [-0.1, -0.05) is 24.3 Å². The fourth-order valence-corrected chi connectivity index (χ4v) is 3.61. The van der Waals surface area contributed by atoms with E-state index in [4.69, 9.17) is 9.73 Å². The molecule has 1 fully saturated rings. The minimum absolute atomic E-state index is 0. The van der Waals surface area contributed by atoms with Crippen LogP contribution in [0.25, 0.3) is 0 Å². The lowest BCUT2D eigenvalue weighted by Crippen LogP contribution is -2.43. The molecule has 2 heterocycles. The van der Waals surface area contributed by atoms with Crippen LogP contribution in [0.3, 0.4) is 0 Å². The topological polar surface area (TPSA) is 40.1 Å². The molecule has 0 aliphatic carbocycles. The monoisotopic (exact) mass is 488 g/mol. The van der Waals surface area contributed by atoms with Crippen molar-refractivity contribution in [3.8, 4) is 0 Å². The van der Waals surface area contributed by atoms with Crippen molar-refractivity contribution < 1.29 is 9.13 Å². The van der Waals surface area contributed by atoms with E-state index < -0.39 is 0 Å². The Labute approximate surface area is 178 Å². The van der Waals surface area contributed by atoms with E-state index >= 15 is 0 Å². The molecule has 0 bridgehead atoms. The Hall–Kier alpha value is -1.19. The average Bonchev–Trinajstić information content (AvgIpc) is 3.34. The highest BCUT2D eigenvalue weighted by Gasteiger charge is 2.29. The quantitative estimate of drug-likeness (QED) is 0.289. The second kappa shape index (κ2) is 11.0. The second-order valence-electron chi connectivity index (χ2n) is 6.78. The van der Waals surface area contributed by atoms with Gasteiger partial charge in [-0.25, -0.2) is 4.39 Å². The number of ether oxygens (including phenoxy) is 1. The number of rotatable bonds is 6. The molecule has 2 aliphatic rings. The van der Waals surface area contributed by atoms with Crippen LogP contribution in [0.1, 0.15) is 25.0 Å². The van der Waals surface area contributed by atoms with Gasteiger partial charge in [-0.15, -0.1) is 24.0 Å². The van der Waals surface area contributed by atoms with Crippen LogP contribution in [-0.4, -0.2) is 68.2 Å². The summed E-state index contributed by atoms with van der Waals surface area (Å²) in [5.74, 6) is 0.700. The molecule has 0 aromatic heterocycles. The molecule has 0 radical (unpaired) electrons. The Bertz CT molecular complexity index is 629. The summed E-state index contributed by atoms with van der Waals surface area (Å²) < 4.78 is 18.7. The summed E-state index contributed by atoms with van der Waals surface area (Å²) in [6, 6.07) is 7.04. The fraction of sp³-hybridized carbons (Fsp3) is 0.550. The highest BCUT2D eigenvalue weighted by atomic mass is 127. The number of methoxy groups -OCH3 is 1. The van der Waals surface area contributed by atoms with E-state index in [0.29, 0.717) is 12.6 Å². The minimum Gasteiger partial charge on any atom is -0.375 e. The number of hydrogen-bond acceptors (Lipinski definition) is 3. The first kappa shape index (κ1) is 22.1. The first-order chi connectivity index (χ1) is 12.7. The SMILES string of the molecule is CCNC(=NCC(OC)c1ccc(F)cc1)N1CCC(N2CC=CC2)C1.I. The zero-order valence-electron chi connectivity index (χ0n) is 16.1. The number of nitrogens with zero attached hydrogens (tertiary/aromatic N) is 3. The van der Waals surface area contributed by atoms with Crippen molar-refractivity contribution in [3.05, 3.63) is 47.8 Å². The number of hydrogen-bond donors (Lipinski definition) is 1. The summed E-state index contributed by atoms with van der Waals surface area (Å²) in [6.07, 6.45) is 5.48. The van der Waals surface area contributed by atoms with Crippen LogP contribution in [-0.2, 0) is 4.74 Å². The van der Waals surface area contributed by atoms with Crippen molar-refractivity contribution >= 4 is 29.9 Å². The van der Waals surface area contributed by atoms with Crippen molar-refractivity contribution in [2.75, 3.05) is 46.4 Å². The third-order valence-electron chi connectivity index (χ3n) is 5.09. The van der Waals surface area contributed by atoms with E-state index in [2.05, 4.69) is 34.2 Å². The molecule has 27 heavy (non-hydrogen) atoms. The van der Waals surface area contributed by atoms with E-state index in [1.165, 1.54) is 12.1 Å². The van der Waals surface area contributed by atoms with Gasteiger partial charge in [0.15, 0.2) is 5.96 Å². The average molecular weight is 488 g/mol. The van der Waals surface area contributed by atoms with Crippen LogP contribution in [0.4, 0.5) is 4.39 Å². The molecule has 0 saturated carbocycles. The maximum atomic E-state index is 13.1. The molecule has 2 atom stereocenters. The summed E-state index contributed by atoms with van der Waals surface area (Å²) in [5.41, 5.74) is 0.941. The summed E-state index contributed by atoms with van der Waals surface area (Å²) in [7, 11) is 1.67. The maximum absolute atomic E-state index is 13.1. The van der Waals surface area contributed by atoms with Gasteiger partial charge < -0.3 is 15.0 Å². The van der Waals surface area contributed by atoms with Crippen molar-refractivity contribution in [2.24, 2.45) is 4.99 Å². The Morgan fingerprint density at radius 2 is 2.00 bits per heavy atom. The summed E-state index contributed by atoms with van der Waals surface area (Å²) >= 11 is 0. The molecule has 2 unspecified atom stereocenters. The molecule has 5 nitrogen and oxygen atoms in total. The predicted octanol–water partition coefficient (Wildman–Crippen LogP) is 3.04. The molecular weight excluding hydrogens is 458 g/mol. The van der Waals surface area contributed by atoms with Gasteiger partial charge >= 0.3 is 0 Å². The standard InChI is InChI=1S/C20H29FN4O.HI/c1-3-22-20(25-13-10-18(15-25)24-11-4-5-12-24)23-14-19(26-2)16-6-8-17(21)9-7-16;/h4-9,18-19H,3,10-15H2,1-2H3,(H,22,23);1H. The van der Waals surface area contributed by atoms with Crippen LogP contribution < -0.4 is 5.32 Å². The molecule has 3 rings (SSSR count). The number of likely N-dealkylation sites (tertiary alicyclic amines) is 1. The first-order valence-electron chi connectivity index (χ1n) is 9.41. The van der Waals surface area contributed by atoms with Crippen LogP contribution in [0.5, 0.6) is 0 Å². The molecule has 1 aromatic carbocycles. The van der Waals surface area contributed by atoms with Crippen LogP contribution in [0, 0.1) is 5.82 Å². The smallest absolute Gasteiger partial charge is 0.194 e. The van der Waals surface area contributed by atoms with Crippen molar-refractivity contribution in [2.45, 2.75) is 25.5 Å². The normalized spacial score (nSPS) is 21.4.